The molecule has 1 amide bonds. The second-order valence-corrected chi connectivity index (χ2v) is 6.47. The number of rotatable bonds is 6. The maximum absolute atomic E-state index is 12.8. The summed E-state index contributed by atoms with van der Waals surface area (Å²) in [5, 5.41) is 7.94. The molecule has 3 rings (SSSR count). The van der Waals surface area contributed by atoms with Gasteiger partial charge in [0.05, 0.1) is 11.6 Å². The highest BCUT2D eigenvalue weighted by Gasteiger charge is 2.22. The largest absolute Gasteiger partial charge is 0.471 e. The topological polar surface area (TPSA) is 69.0 Å². The molecule has 1 atom stereocenters. The lowest BCUT2D eigenvalue weighted by Gasteiger charge is -2.15. The fourth-order valence-corrected chi connectivity index (χ4v) is 2.66. The fraction of sp³-hybridized carbons (Fsp3) is 0.316. The third-order valence-electron chi connectivity index (χ3n) is 4.05. The first-order chi connectivity index (χ1) is 12.7. The standard InChI is InChI=1S/C19H20F2N4O2/c1-12(13-8-9-16(22-10-13)27-11-19(2,20)21)23-18(26)17-14-6-4-5-7-15(14)25(3)24-17/h4-10,12H,11H2,1-3H3,(H,23,26). The van der Waals surface area contributed by atoms with Crippen LogP contribution in [0, 0.1) is 0 Å². The van der Waals surface area contributed by atoms with Crippen LogP contribution in [-0.4, -0.2) is 33.2 Å². The van der Waals surface area contributed by atoms with Gasteiger partial charge in [-0.1, -0.05) is 24.3 Å². The maximum Gasteiger partial charge on any atom is 0.278 e. The second kappa shape index (κ2) is 7.30. The van der Waals surface area contributed by atoms with E-state index in [9.17, 15) is 13.6 Å². The molecular weight excluding hydrogens is 354 g/mol. The molecule has 2 aromatic heterocycles. The number of carbonyl (C=O) groups is 1. The van der Waals surface area contributed by atoms with Crippen molar-refractivity contribution in [3.05, 3.63) is 53.9 Å². The van der Waals surface area contributed by atoms with E-state index in [0.29, 0.717) is 5.69 Å². The van der Waals surface area contributed by atoms with Crippen LogP contribution in [0.5, 0.6) is 5.88 Å². The van der Waals surface area contributed by atoms with Crippen molar-refractivity contribution >= 4 is 16.8 Å². The van der Waals surface area contributed by atoms with E-state index < -0.39 is 12.5 Å². The molecular formula is C19H20F2N4O2. The summed E-state index contributed by atoms with van der Waals surface area (Å²) < 4.78 is 32.3. The van der Waals surface area contributed by atoms with Crippen LogP contribution < -0.4 is 10.1 Å². The molecule has 8 heteroatoms. The minimum Gasteiger partial charge on any atom is -0.471 e. The number of aromatic nitrogens is 3. The van der Waals surface area contributed by atoms with Crippen LogP contribution in [0.25, 0.3) is 10.9 Å². The summed E-state index contributed by atoms with van der Waals surface area (Å²) in [6.07, 6.45) is 1.49. The zero-order valence-corrected chi connectivity index (χ0v) is 15.2. The minimum absolute atomic E-state index is 0.106. The van der Waals surface area contributed by atoms with Crippen molar-refractivity contribution in [1.29, 1.82) is 0 Å². The van der Waals surface area contributed by atoms with Crippen molar-refractivity contribution < 1.29 is 18.3 Å². The Hall–Kier alpha value is -3.03. The molecule has 0 bridgehead atoms. The summed E-state index contributed by atoms with van der Waals surface area (Å²) in [4.78, 5) is 16.6. The number of aryl methyl sites for hydroxylation is 1. The number of nitrogens with zero attached hydrogens (tertiary/aromatic N) is 3. The fourth-order valence-electron chi connectivity index (χ4n) is 2.66. The van der Waals surface area contributed by atoms with Gasteiger partial charge in [0, 0.05) is 31.6 Å². The van der Waals surface area contributed by atoms with E-state index in [0.717, 1.165) is 23.4 Å². The van der Waals surface area contributed by atoms with Gasteiger partial charge in [-0.25, -0.2) is 13.8 Å². The van der Waals surface area contributed by atoms with Crippen molar-refractivity contribution in [3.8, 4) is 5.88 Å². The normalized spacial score (nSPS) is 12.8. The molecule has 0 aliphatic heterocycles. The van der Waals surface area contributed by atoms with E-state index in [1.54, 1.807) is 24.7 Å². The Labute approximate surface area is 155 Å². The van der Waals surface area contributed by atoms with Crippen LogP contribution >= 0.6 is 0 Å². The molecule has 0 saturated heterocycles. The van der Waals surface area contributed by atoms with E-state index in [-0.39, 0.29) is 17.8 Å². The predicted molar refractivity (Wildman–Crippen MR) is 96.9 cm³/mol. The van der Waals surface area contributed by atoms with Gasteiger partial charge in [-0.3, -0.25) is 9.48 Å². The molecule has 0 fully saturated rings. The molecule has 27 heavy (non-hydrogen) atoms. The summed E-state index contributed by atoms with van der Waals surface area (Å²) in [6, 6.07) is 10.3. The number of halogens is 2. The van der Waals surface area contributed by atoms with Crippen LogP contribution in [-0.2, 0) is 7.05 Å². The molecule has 6 nitrogen and oxygen atoms in total. The van der Waals surface area contributed by atoms with Gasteiger partial charge in [0.2, 0.25) is 5.88 Å². The van der Waals surface area contributed by atoms with Crippen LogP contribution in [0.3, 0.4) is 0 Å². The number of hydrogen-bond acceptors (Lipinski definition) is 4. The van der Waals surface area contributed by atoms with Gasteiger partial charge in [0.15, 0.2) is 12.3 Å². The average molecular weight is 374 g/mol. The SMILES string of the molecule is CC(NC(=O)c1nn(C)c2ccccc12)c1ccc(OCC(C)(F)F)nc1. The van der Waals surface area contributed by atoms with Crippen molar-refractivity contribution in [1.82, 2.24) is 20.1 Å². The zero-order chi connectivity index (χ0) is 19.6. The molecule has 0 saturated carbocycles. The quantitative estimate of drug-likeness (QED) is 0.717. The highest BCUT2D eigenvalue weighted by molar-refractivity contribution is 6.04. The van der Waals surface area contributed by atoms with E-state index >= 15 is 0 Å². The number of carbonyl (C=O) groups excluding carboxylic acids is 1. The number of ether oxygens (including phenoxy) is 1. The lowest BCUT2D eigenvalue weighted by Crippen LogP contribution is -2.27. The highest BCUT2D eigenvalue weighted by atomic mass is 19.3. The molecule has 1 N–H and O–H groups in total. The second-order valence-electron chi connectivity index (χ2n) is 6.47. The molecule has 0 spiro atoms. The predicted octanol–water partition coefficient (Wildman–Crippen LogP) is 3.49. The van der Waals surface area contributed by atoms with Gasteiger partial charge < -0.3 is 10.1 Å². The number of amides is 1. The molecule has 2 heterocycles. The van der Waals surface area contributed by atoms with Crippen molar-refractivity contribution in [2.24, 2.45) is 7.05 Å². The van der Waals surface area contributed by atoms with Gasteiger partial charge >= 0.3 is 0 Å². The van der Waals surface area contributed by atoms with Crippen molar-refractivity contribution in [2.45, 2.75) is 25.8 Å². The Morgan fingerprint density at radius 1 is 1.30 bits per heavy atom. The Kier molecular flexibility index (Phi) is 5.07. The number of hydrogen-bond donors (Lipinski definition) is 1. The smallest absolute Gasteiger partial charge is 0.278 e. The lowest BCUT2D eigenvalue weighted by atomic mass is 10.1. The number of para-hydroxylation sites is 1. The Morgan fingerprint density at radius 3 is 2.70 bits per heavy atom. The van der Waals surface area contributed by atoms with E-state index in [1.165, 1.54) is 12.3 Å². The summed E-state index contributed by atoms with van der Waals surface area (Å²) in [5.41, 5.74) is 1.93. The number of benzene rings is 1. The summed E-state index contributed by atoms with van der Waals surface area (Å²) >= 11 is 0. The Balaban J connectivity index is 1.69. The molecule has 142 valence electrons. The van der Waals surface area contributed by atoms with Crippen LogP contribution in [0.4, 0.5) is 8.78 Å². The first kappa shape index (κ1) is 18.8. The zero-order valence-electron chi connectivity index (χ0n) is 15.2. The van der Waals surface area contributed by atoms with E-state index in [1.807, 2.05) is 24.3 Å². The molecule has 0 aliphatic rings. The average Bonchev–Trinajstić information content (AvgIpc) is 2.97. The molecule has 0 radical (unpaired) electrons. The lowest BCUT2D eigenvalue weighted by molar-refractivity contribution is -0.0242. The van der Waals surface area contributed by atoms with Crippen molar-refractivity contribution in [2.75, 3.05) is 6.61 Å². The Morgan fingerprint density at radius 2 is 2.04 bits per heavy atom. The first-order valence-electron chi connectivity index (χ1n) is 8.44. The summed E-state index contributed by atoms with van der Waals surface area (Å²) in [7, 11) is 1.78. The van der Waals surface area contributed by atoms with Gasteiger partial charge in [0.1, 0.15) is 0 Å². The van der Waals surface area contributed by atoms with Crippen LogP contribution in [0.2, 0.25) is 0 Å². The number of pyridine rings is 1. The van der Waals surface area contributed by atoms with Gasteiger partial charge in [-0.15, -0.1) is 0 Å². The third kappa shape index (κ3) is 4.39. The van der Waals surface area contributed by atoms with E-state index in [2.05, 4.69) is 15.4 Å². The third-order valence-corrected chi connectivity index (χ3v) is 4.05. The van der Waals surface area contributed by atoms with E-state index in [4.69, 9.17) is 4.74 Å². The van der Waals surface area contributed by atoms with Crippen LogP contribution in [0.1, 0.15) is 35.9 Å². The summed E-state index contributed by atoms with van der Waals surface area (Å²) in [5.74, 6) is -3.12. The summed E-state index contributed by atoms with van der Waals surface area (Å²) in [6.45, 7) is 1.85. The molecule has 1 unspecified atom stereocenters. The highest BCUT2D eigenvalue weighted by Crippen LogP contribution is 2.20. The van der Waals surface area contributed by atoms with Crippen molar-refractivity contribution in [3.63, 3.8) is 0 Å². The first-order valence-corrected chi connectivity index (χ1v) is 8.44. The number of alkyl halides is 2. The maximum atomic E-state index is 12.8. The number of fused-ring (bicyclic) bond motifs is 1. The van der Waals surface area contributed by atoms with Crippen LogP contribution in [0.15, 0.2) is 42.6 Å². The molecule has 0 aliphatic carbocycles. The monoisotopic (exact) mass is 374 g/mol. The van der Waals surface area contributed by atoms with Gasteiger partial charge in [-0.2, -0.15) is 5.10 Å². The minimum atomic E-state index is -2.92. The molecule has 1 aromatic carbocycles. The number of nitrogens with one attached hydrogen (secondary N) is 1. The molecule has 3 aromatic rings. The Bertz CT molecular complexity index is 948. The van der Waals surface area contributed by atoms with Gasteiger partial charge in [0.25, 0.3) is 11.8 Å². The van der Waals surface area contributed by atoms with Gasteiger partial charge in [-0.05, 0) is 18.6 Å².